The number of rotatable bonds is 5. The summed E-state index contributed by atoms with van der Waals surface area (Å²) in [5, 5.41) is 0. The van der Waals surface area contributed by atoms with Crippen LogP contribution in [0.5, 0.6) is 0 Å². The summed E-state index contributed by atoms with van der Waals surface area (Å²) in [6.07, 6.45) is 1.86. The van der Waals surface area contributed by atoms with Gasteiger partial charge in [0.15, 0.2) is 0 Å². The average Bonchev–Trinajstić information content (AvgIpc) is 2.67. The van der Waals surface area contributed by atoms with Crippen molar-refractivity contribution in [1.82, 2.24) is 9.80 Å². The van der Waals surface area contributed by atoms with E-state index in [4.69, 9.17) is 9.47 Å². The van der Waals surface area contributed by atoms with E-state index in [0.717, 1.165) is 19.6 Å². The maximum absolute atomic E-state index is 12.8. The number of carbonyl (C=O) groups is 2. The molecule has 1 aromatic carbocycles. The fourth-order valence-electron chi connectivity index (χ4n) is 4.19. The summed E-state index contributed by atoms with van der Waals surface area (Å²) in [7, 11) is 0. The zero-order valence-corrected chi connectivity index (χ0v) is 17.2. The minimum absolute atomic E-state index is 0.0440. The number of hydrogen-bond acceptors (Lipinski definition) is 5. The van der Waals surface area contributed by atoms with Crippen LogP contribution in [0, 0.1) is 5.92 Å². The lowest BCUT2D eigenvalue weighted by Crippen LogP contribution is -2.44. The smallest absolute Gasteiger partial charge is 0.309 e. The van der Waals surface area contributed by atoms with E-state index in [0.29, 0.717) is 38.1 Å². The molecule has 2 atom stereocenters. The second-order valence-electron chi connectivity index (χ2n) is 7.97. The van der Waals surface area contributed by atoms with Crippen LogP contribution in [-0.2, 0) is 20.8 Å². The first-order valence-corrected chi connectivity index (χ1v) is 10.4. The van der Waals surface area contributed by atoms with Crippen LogP contribution >= 0.6 is 0 Å². The van der Waals surface area contributed by atoms with Gasteiger partial charge in [-0.25, -0.2) is 0 Å². The van der Waals surface area contributed by atoms with Gasteiger partial charge in [0.1, 0.15) is 0 Å². The lowest BCUT2D eigenvalue weighted by atomic mass is 9.96. The van der Waals surface area contributed by atoms with Crippen molar-refractivity contribution in [3.05, 3.63) is 35.4 Å². The molecule has 2 heterocycles. The first-order valence-electron chi connectivity index (χ1n) is 10.4. The van der Waals surface area contributed by atoms with Gasteiger partial charge < -0.3 is 14.4 Å². The quantitative estimate of drug-likeness (QED) is 0.726. The van der Waals surface area contributed by atoms with Gasteiger partial charge in [-0.2, -0.15) is 0 Å². The third kappa shape index (κ3) is 5.32. The first-order chi connectivity index (χ1) is 13.5. The summed E-state index contributed by atoms with van der Waals surface area (Å²) in [5.41, 5.74) is 1.92. The molecule has 3 rings (SSSR count). The van der Waals surface area contributed by atoms with E-state index in [-0.39, 0.29) is 30.0 Å². The minimum atomic E-state index is -0.134. The summed E-state index contributed by atoms with van der Waals surface area (Å²) in [5.74, 6) is -0.169. The zero-order chi connectivity index (χ0) is 20.1. The number of benzene rings is 1. The lowest BCUT2D eigenvalue weighted by Gasteiger charge is -2.35. The molecule has 6 nitrogen and oxygen atoms in total. The molecule has 0 saturated carbocycles. The van der Waals surface area contributed by atoms with Gasteiger partial charge in [0, 0.05) is 38.3 Å². The number of nitrogens with zero attached hydrogens (tertiary/aromatic N) is 2. The van der Waals surface area contributed by atoms with Crippen LogP contribution in [0.3, 0.4) is 0 Å². The predicted octanol–water partition coefficient (Wildman–Crippen LogP) is 2.71. The van der Waals surface area contributed by atoms with Gasteiger partial charge in [0.25, 0.3) is 5.91 Å². The van der Waals surface area contributed by atoms with Crippen LogP contribution in [-0.4, -0.2) is 66.7 Å². The molecule has 2 fully saturated rings. The fraction of sp³-hybridized carbons (Fsp3) is 0.636. The van der Waals surface area contributed by atoms with Gasteiger partial charge >= 0.3 is 5.97 Å². The van der Waals surface area contributed by atoms with Crippen molar-refractivity contribution >= 4 is 11.9 Å². The Morgan fingerprint density at radius 3 is 2.25 bits per heavy atom. The van der Waals surface area contributed by atoms with Gasteiger partial charge in [-0.05, 0) is 51.3 Å². The second kappa shape index (κ2) is 9.52. The number of ether oxygens (including phenoxy) is 2. The molecule has 6 heteroatoms. The summed E-state index contributed by atoms with van der Waals surface area (Å²) < 4.78 is 10.9. The first kappa shape index (κ1) is 20.8. The number of likely N-dealkylation sites (tertiary alicyclic amines) is 1. The number of hydrogen-bond donors (Lipinski definition) is 0. The van der Waals surface area contributed by atoms with Crippen molar-refractivity contribution in [2.75, 3.05) is 32.8 Å². The van der Waals surface area contributed by atoms with Crippen molar-refractivity contribution in [1.29, 1.82) is 0 Å². The standard InChI is InChI=1S/C22H32N2O4/c1-4-27-22(26)20-9-11-24(12-10-20)21(25)19-7-5-18(6-8-19)15-23-13-16(2)28-17(3)14-23/h5-8,16-17,20H,4,9-15H2,1-3H3. The zero-order valence-electron chi connectivity index (χ0n) is 17.2. The van der Waals surface area contributed by atoms with E-state index in [1.807, 2.05) is 36.1 Å². The minimum Gasteiger partial charge on any atom is -0.466 e. The second-order valence-corrected chi connectivity index (χ2v) is 7.97. The lowest BCUT2D eigenvalue weighted by molar-refractivity contribution is -0.149. The Hall–Kier alpha value is -1.92. The van der Waals surface area contributed by atoms with Crippen LogP contribution in [0.4, 0.5) is 0 Å². The molecule has 2 aliphatic heterocycles. The van der Waals surface area contributed by atoms with Crippen LogP contribution in [0.15, 0.2) is 24.3 Å². The Bertz CT molecular complexity index is 658. The van der Waals surface area contributed by atoms with Gasteiger partial charge in [-0.3, -0.25) is 14.5 Å². The van der Waals surface area contributed by atoms with Crippen molar-refractivity contribution < 1.29 is 19.1 Å². The maximum Gasteiger partial charge on any atom is 0.309 e. The van der Waals surface area contributed by atoms with E-state index in [1.54, 1.807) is 0 Å². The SMILES string of the molecule is CCOC(=O)C1CCN(C(=O)c2ccc(CN3CC(C)OC(C)C3)cc2)CC1. The van der Waals surface area contributed by atoms with Gasteiger partial charge in [0.2, 0.25) is 0 Å². The summed E-state index contributed by atoms with van der Waals surface area (Å²) >= 11 is 0. The number of piperidine rings is 1. The summed E-state index contributed by atoms with van der Waals surface area (Å²) in [6.45, 7) is 10.4. The molecule has 1 amide bonds. The molecule has 0 bridgehead atoms. The Morgan fingerprint density at radius 1 is 1.07 bits per heavy atom. The molecular formula is C22H32N2O4. The molecule has 0 radical (unpaired) electrons. The van der Waals surface area contributed by atoms with Crippen molar-refractivity contribution in [3.63, 3.8) is 0 Å². The third-order valence-corrected chi connectivity index (χ3v) is 5.50. The van der Waals surface area contributed by atoms with Gasteiger partial charge in [0.05, 0.1) is 24.7 Å². The Kier molecular flexibility index (Phi) is 7.08. The van der Waals surface area contributed by atoms with E-state index < -0.39 is 0 Å². The van der Waals surface area contributed by atoms with E-state index in [2.05, 4.69) is 18.7 Å². The fourth-order valence-corrected chi connectivity index (χ4v) is 4.19. The highest BCUT2D eigenvalue weighted by atomic mass is 16.5. The van der Waals surface area contributed by atoms with E-state index >= 15 is 0 Å². The average molecular weight is 389 g/mol. The molecule has 1 aromatic rings. The number of amides is 1. The predicted molar refractivity (Wildman–Crippen MR) is 107 cm³/mol. The van der Waals surface area contributed by atoms with E-state index in [9.17, 15) is 9.59 Å². The topological polar surface area (TPSA) is 59.1 Å². The molecule has 0 aliphatic carbocycles. The molecule has 2 unspecified atom stereocenters. The van der Waals surface area contributed by atoms with E-state index in [1.165, 1.54) is 5.56 Å². The number of morpholine rings is 1. The molecule has 0 aromatic heterocycles. The summed E-state index contributed by atoms with van der Waals surface area (Å²) in [6, 6.07) is 7.93. The Labute approximate surface area is 167 Å². The molecule has 154 valence electrons. The molecular weight excluding hydrogens is 356 g/mol. The highest BCUT2D eigenvalue weighted by Gasteiger charge is 2.28. The summed E-state index contributed by atoms with van der Waals surface area (Å²) in [4.78, 5) is 28.9. The van der Waals surface area contributed by atoms with Crippen LogP contribution in [0.1, 0.15) is 49.5 Å². The number of carbonyl (C=O) groups excluding carboxylic acids is 2. The molecule has 0 N–H and O–H groups in total. The normalized spacial score (nSPS) is 24.2. The molecule has 2 aliphatic rings. The molecule has 2 saturated heterocycles. The Morgan fingerprint density at radius 2 is 1.68 bits per heavy atom. The maximum atomic E-state index is 12.8. The van der Waals surface area contributed by atoms with Crippen molar-refractivity contribution in [2.45, 2.75) is 52.4 Å². The largest absolute Gasteiger partial charge is 0.466 e. The van der Waals surface area contributed by atoms with Gasteiger partial charge in [-0.15, -0.1) is 0 Å². The van der Waals surface area contributed by atoms with Crippen LogP contribution < -0.4 is 0 Å². The van der Waals surface area contributed by atoms with Gasteiger partial charge in [-0.1, -0.05) is 12.1 Å². The van der Waals surface area contributed by atoms with Crippen LogP contribution in [0.25, 0.3) is 0 Å². The van der Waals surface area contributed by atoms with Crippen molar-refractivity contribution in [2.24, 2.45) is 5.92 Å². The highest BCUT2D eigenvalue weighted by Crippen LogP contribution is 2.21. The van der Waals surface area contributed by atoms with Crippen LogP contribution in [0.2, 0.25) is 0 Å². The third-order valence-electron chi connectivity index (χ3n) is 5.50. The number of esters is 1. The highest BCUT2D eigenvalue weighted by molar-refractivity contribution is 5.94. The monoisotopic (exact) mass is 388 g/mol. The Balaban J connectivity index is 1.52. The molecule has 0 spiro atoms. The molecule has 28 heavy (non-hydrogen) atoms. The van der Waals surface area contributed by atoms with Crippen molar-refractivity contribution in [3.8, 4) is 0 Å².